The van der Waals surface area contributed by atoms with Crippen molar-refractivity contribution in [3.8, 4) is 0 Å². The van der Waals surface area contributed by atoms with Gasteiger partial charge < -0.3 is 10.6 Å². The predicted molar refractivity (Wildman–Crippen MR) is 79.0 cm³/mol. The summed E-state index contributed by atoms with van der Waals surface area (Å²) in [6.45, 7) is 2.12. The van der Waals surface area contributed by atoms with Crippen molar-refractivity contribution in [1.29, 1.82) is 0 Å². The SMILES string of the molecule is Cc1[nH]ncc1CNC(=O)CNC(=O)c1ccccc1Cl. The Morgan fingerprint density at radius 3 is 2.71 bits per heavy atom. The second-order valence-corrected chi connectivity index (χ2v) is 4.87. The fraction of sp³-hybridized carbons (Fsp3) is 0.214. The lowest BCUT2D eigenvalue weighted by molar-refractivity contribution is -0.120. The number of H-pyrrole nitrogens is 1. The van der Waals surface area contributed by atoms with Gasteiger partial charge in [-0.2, -0.15) is 5.10 Å². The van der Waals surface area contributed by atoms with Gasteiger partial charge in [0.25, 0.3) is 5.91 Å². The van der Waals surface area contributed by atoms with Crippen molar-refractivity contribution in [3.05, 3.63) is 52.3 Å². The Morgan fingerprint density at radius 2 is 2.05 bits per heavy atom. The van der Waals surface area contributed by atoms with Gasteiger partial charge in [0, 0.05) is 17.8 Å². The van der Waals surface area contributed by atoms with Crippen molar-refractivity contribution in [2.75, 3.05) is 6.54 Å². The van der Waals surface area contributed by atoms with Gasteiger partial charge in [0.15, 0.2) is 0 Å². The Balaban J connectivity index is 1.80. The molecule has 1 aromatic heterocycles. The molecule has 21 heavy (non-hydrogen) atoms. The quantitative estimate of drug-likeness (QED) is 0.780. The number of hydrogen-bond acceptors (Lipinski definition) is 3. The number of aromatic amines is 1. The second-order valence-electron chi connectivity index (χ2n) is 4.46. The Bertz CT molecular complexity index is 654. The number of halogens is 1. The molecule has 2 rings (SSSR count). The topological polar surface area (TPSA) is 86.9 Å². The van der Waals surface area contributed by atoms with Crippen molar-refractivity contribution >= 4 is 23.4 Å². The highest BCUT2D eigenvalue weighted by Crippen LogP contribution is 2.14. The van der Waals surface area contributed by atoms with E-state index in [0.717, 1.165) is 11.3 Å². The van der Waals surface area contributed by atoms with Crippen LogP contribution in [-0.4, -0.2) is 28.6 Å². The lowest BCUT2D eigenvalue weighted by Gasteiger charge is -2.07. The van der Waals surface area contributed by atoms with Crippen molar-refractivity contribution in [2.24, 2.45) is 0 Å². The van der Waals surface area contributed by atoms with E-state index in [4.69, 9.17) is 11.6 Å². The van der Waals surface area contributed by atoms with Crippen LogP contribution in [0.4, 0.5) is 0 Å². The standard InChI is InChI=1S/C14H15ClN4O2/c1-9-10(7-18-19-9)6-16-13(20)8-17-14(21)11-4-2-3-5-12(11)15/h2-5,7H,6,8H2,1H3,(H,16,20)(H,17,21)(H,18,19). The predicted octanol–water partition coefficient (Wildman–Crippen LogP) is 1.42. The van der Waals surface area contributed by atoms with Gasteiger partial charge in [0.2, 0.25) is 5.91 Å². The number of amides is 2. The molecule has 0 aliphatic heterocycles. The zero-order chi connectivity index (χ0) is 15.2. The van der Waals surface area contributed by atoms with Crippen LogP contribution in [0.15, 0.2) is 30.5 Å². The third kappa shape index (κ3) is 4.06. The monoisotopic (exact) mass is 306 g/mol. The molecule has 7 heteroatoms. The minimum absolute atomic E-state index is 0.110. The normalized spacial score (nSPS) is 10.2. The van der Waals surface area contributed by atoms with Crippen LogP contribution >= 0.6 is 11.6 Å². The molecule has 0 saturated carbocycles. The molecule has 0 unspecified atom stereocenters. The molecule has 0 bridgehead atoms. The minimum Gasteiger partial charge on any atom is -0.350 e. The maximum atomic E-state index is 11.9. The van der Waals surface area contributed by atoms with E-state index >= 15 is 0 Å². The molecule has 1 heterocycles. The van der Waals surface area contributed by atoms with E-state index in [0.29, 0.717) is 17.1 Å². The Morgan fingerprint density at radius 1 is 1.29 bits per heavy atom. The van der Waals surface area contributed by atoms with E-state index < -0.39 is 0 Å². The van der Waals surface area contributed by atoms with Crippen molar-refractivity contribution < 1.29 is 9.59 Å². The lowest BCUT2D eigenvalue weighted by atomic mass is 10.2. The maximum absolute atomic E-state index is 11.9. The summed E-state index contributed by atoms with van der Waals surface area (Å²) in [5.74, 6) is -0.661. The fourth-order valence-electron chi connectivity index (χ4n) is 1.71. The highest BCUT2D eigenvalue weighted by atomic mass is 35.5. The third-order valence-corrected chi connectivity index (χ3v) is 3.27. The van der Waals surface area contributed by atoms with Gasteiger partial charge in [-0.3, -0.25) is 14.7 Å². The summed E-state index contributed by atoms with van der Waals surface area (Å²) in [6, 6.07) is 6.67. The van der Waals surface area contributed by atoms with Gasteiger partial charge in [-0.05, 0) is 19.1 Å². The molecule has 0 aliphatic carbocycles. The summed E-state index contributed by atoms with van der Waals surface area (Å²) >= 11 is 5.91. The molecule has 6 nitrogen and oxygen atoms in total. The van der Waals surface area contributed by atoms with Gasteiger partial charge in [-0.25, -0.2) is 0 Å². The number of aromatic nitrogens is 2. The van der Waals surface area contributed by atoms with Crippen molar-refractivity contribution in [1.82, 2.24) is 20.8 Å². The molecular formula is C14H15ClN4O2. The Labute approximate surface area is 126 Å². The zero-order valence-electron chi connectivity index (χ0n) is 11.4. The third-order valence-electron chi connectivity index (χ3n) is 2.94. The summed E-state index contributed by atoms with van der Waals surface area (Å²) < 4.78 is 0. The van der Waals surface area contributed by atoms with Gasteiger partial charge in [0.1, 0.15) is 0 Å². The molecule has 3 N–H and O–H groups in total. The number of nitrogens with zero attached hydrogens (tertiary/aromatic N) is 1. The number of benzene rings is 1. The first-order valence-corrected chi connectivity index (χ1v) is 6.74. The molecule has 2 aromatic rings. The molecule has 0 saturated heterocycles. The van der Waals surface area contributed by atoms with Gasteiger partial charge in [-0.1, -0.05) is 23.7 Å². The summed E-state index contributed by atoms with van der Waals surface area (Å²) in [5, 5.41) is 12.2. The number of carbonyl (C=O) groups is 2. The van der Waals surface area contributed by atoms with Crippen LogP contribution in [0.25, 0.3) is 0 Å². The molecule has 110 valence electrons. The number of nitrogens with one attached hydrogen (secondary N) is 3. The minimum atomic E-state index is -0.379. The Kier molecular flexibility index (Phi) is 4.94. The summed E-state index contributed by atoms with van der Waals surface area (Å²) in [7, 11) is 0. The molecule has 2 amide bonds. The highest BCUT2D eigenvalue weighted by molar-refractivity contribution is 6.33. The van der Waals surface area contributed by atoms with Crippen LogP contribution in [0, 0.1) is 6.92 Å². The van der Waals surface area contributed by atoms with Crippen LogP contribution in [0.3, 0.4) is 0 Å². The van der Waals surface area contributed by atoms with E-state index in [-0.39, 0.29) is 18.4 Å². The summed E-state index contributed by atoms with van der Waals surface area (Å²) in [5.41, 5.74) is 2.15. The number of carbonyl (C=O) groups excluding carboxylic acids is 2. The van der Waals surface area contributed by atoms with Gasteiger partial charge in [-0.15, -0.1) is 0 Å². The maximum Gasteiger partial charge on any atom is 0.253 e. The molecule has 0 aliphatic rings. The van der Waals surface area contributed by atoms with Crippen molar-refractivity contribution in [2.45, 2.75) is 13.5 Å². The highest BCUT2D eigenvalue weighted by Gasteiger charge is 2.11. The van der Waals surface area contributed by atoms with Crippen LogP contribution in [-0.2, 0) is 11.3 Å². The average Bonchev–Trinajstić information content (AvgIpc) is 2.88. The average molecular weight is 307 g/mol. The van der Waals surface area contributed by atoms with E-state index in [1.54, 1.807) is 30.5 Å². The number of rotatable bonds is 5. The number of hydrogen-bond donors (Lipinski definition) is 3. The fourth-order valence-corrected chi connectivity index (χ4v) is 1.93. The van der Waals surface area contributed by atoms with E-state index in [2.05, 4.69) is 20.8 Å². The molecule has 0 fully saturated rings. The van der Waals surface area contributed by atoms with Crippen molar-refractivity contribution in [3.63, 3.8) is 0 Å². The summed E-state index contributed by atoms with van der Waals surface area (Å²) in [6.07, 6.45) is 1.65. The van der Waals surface area contributed by atoms with Crippen LogP contribution in [0.5, 0.6) is 0 Å². The number of aryl methyl sites for hydroxylation is 1. The van der Waals surface area contributed by atoms with Crippen LogP contribution in [0.1, 0.15) is 21.6 Å². The van der Waals surface area contributed by atoms with E-state index in [1.165, 1.54) is 0 Å². The van der Waals surface area contributed by atoms with E-state index in [1.807, 2.05) is 6.92 Å². The first kappa shape index (κ1) is 15.1. The van der Waals surface area contributed by atoms with Crippen LogP contribution in [0.2, 0.25) is 5.02 Å². The van der Waals surface area contributed by atoms with E-state index in [9.17, 15) is 9.59 Å². The molecular weight excluding hydrogens is 292 g/mol. The molecule has 0 atom stereocenters. The van der Waals surface area contributed by atoms with Crippen LogP contribution < -0.4 is 10.6 Å². The molecule has 0 spiro atoms. The zero-order valence-corrected chi connectivity index (χ0v) is 12.2. The Hall–Kier alpha value is -2.34. The smallest absolute Gasteiger partial charge is 0.253 e. The molecule has 0 radical (unpaired) electrons. The largest absolute Gasteiger partial charge is 0.350 e. The first-order chi connectivity index (χ1) is 10.1. The summed E-state index contributed by atoms with van der Waals surface area (Å²) in [4.78, 5) is 23.5. The van der Waals surface area contributed by atoms with Gasteiger partial charge >= 0.3 is 0 Å². The van der Waals surface area contributed by atoms with Gasteiger partial charge in [0.05, 0.1) is 23.3 Å². The second kappa shape index (κ2) is 6.90. The lowest BCUT2D eigenvalue weighted by Crippen LogP contribution is -2.36. The first-order valence-electron chi connectivity index (χ1n) is 6.36. The molecule has 1 aromatic carbocycles.